The fourth-order valence-corrected chi connectivity index (χ4v) is 2.59. The molecule has 0 heterocycles. The number of methoxy groups -OCH3 is 1. The zero-order valence-corrected chi connectivity index (χ0v) is 16.7. The maximum atomic E-state index is 12.0. The van der Waals surface area contributed by atoms with Gasteiger partial charge in [0.2, 0.25) is 0 Å². The summed E-state index contributed by atoms with van der Waals surface area (Å²) in [5, 5.41) is 5.77. The van der Waals surface area contributed by atoms with E-state index in [2.05, 4.69) is 16.7 Å². The van der Waals surface area contributed by atoms with Gasteiger partial charge in [0.25, 0.3) is 0 Å². The molecule has 2 rings (SSSR count). The van der Waals surface area contributed by atoms with Gasteiger partial charge in [-0.25, -0.2) is 4.79 Å². The lowest BCUT2D eigenvalue weighted by Gasteiger charge is -2.19. The van der Waals surface area contributed by atoms with Gasteiger partial charge >= 0.3 is 6.03 Å². The van der Waals surface area contributed by atoms with Crippen molar-refractivity contribution in [2.24, 2.45) is 0 Å². The molecule has 0 atom stereocenters. The maximum Gasteiger partial charge on any atom is 0.315 e. The van der Waals surface area contributed by atoms with Crippen molar-refractivity contribution in [2.45, 2.75) is 45.9 Å². The third-order valence-corrected chi connectivity index (χ3v) is 3.99. The lowest BCUT2D eigenvalue weighted by molar-refractivity contribution is -0.0149. The zero-order chi connectivity index (χ0) is 19.7. The Labute approximate surface area is 162 Å². The van der Waals surface area contributed by atoms with E-state index in [9.17, 15) is 4.79 Å². The van der Waals surface area contributed by atoms with Crippen molar-refractivity contribution < 1.29 is 14.3 Å². The molecule has 2 aromatic carbocycles. The average molecular weight is 370 g/mol. The normalized spacial score (nSPS) is 11.1. The Morgan fingerprint density at radius 2 is 1.74 bits per heavy atom. The van der Waals surface area contributed by atoms with Gasteiger partial charge in [-0.3, -0.25) is 0 Å². The number of rotatable bonds is 8. The number of amides is 2. The minimum atomic E-state index is -0.179. The van der Waals surface area contributed by atoms with E-state index in [-0.39, 0.29) is 11.6 Å². The number of urea groups is 1. The zero-order valence-electron chi connectivity index (χ0n) is 16.7. The molecule has 0 saturated heterocycles. The van der Waals surface area contributed by atoms with Crippen LogP contribution in [-0.4, -0.2) is 25.3 Å². The Morgan fingerprint density at radius 3 is 2.48 bits per heavy atom. The fraction of sp³-hybridized carbons (Fsp3) is 0.409. The molecule has 0 aliphatic carbocycles. The summed E-state index contributed by atoms with van der Waals surface area (Å²) in [4.78, 5) is 12.0. The summed E-state index contributed by atoms with van der Waals surface area (Å²) < 4.78 is 11.1. The molecule has 0 aromatic heterocycles. The van der Waals surface area contributed by atoms with Crippen LogP contribution in [0.2, 0.25) is 0 Å². The molecular formula is C22H30N2O3. The van der Waals surface area contributed by atoms with Gasteiger partial charge in [-0.2, -0.15) is 0 Å². The number of hydrogen-bond acceptors (Lipinski definition) is 3. The quantitative estimate of drug-likeness (QED) is 0.737. The van der Waals surface area contributed by atoms with E-state index in [0.29, 0.717) is 19.7 Å². The van der Waals surface area contributed by atoms with Gasteiger partial charge in [0.1, 0.15) is 5.75 Å². The summed E-state index contributed by atoms with van der Waals surface area (Å²) in [6.07, 6.45) is 0.719. The number of benzene rings is 2. The van der Waals surface area contributed by atoms with Crippen LogP contribution >= 0.6 is 0 Å². The van der Waals surface area contributed by atoms with Gasteiger partial charge in [0.15, 0.2) is 0 Å². The van der Waals surface area contributed by atoms with E-state index >= 15 is 0 Å². The first kappa shape index (κ1) is 20.8. The van der Waals surface area contributed by atoms with Crippen LogP contribution < -0.4 is 15.4 Å². The molecule has 0 aliphatic heterocycles. The molecule has 27 heavy (non-hydrogen) atoms. The summed E-state index contributed by atoms with van der Waals surface area (Å²) in [6, 6.07) is 15.7. The predicted molar refractivity (Wildman–Crippen MR) is 108 cm³/mol. The highest BCUT2D eigenvalue weighted by atomic mass is 16.5. The van der Waals surface area contributed by atoms with Gasteiger partial charge in [0, 0.05) is 13.1 Å². The molecule has 2 aromatic rings. The third-order valence-electron chi connectivity index (χ3n) is 3.99. The Balaban J connectivity index is 1.75. The van der Waals surface area contributed by atoms with Crippen LogP contribution in [0.15, 0.2) is 48.5 Å². The monoisotopic (exact) mass is 370 g/mol. The van der Waals surface area contributed by atoms with Crippen molar-refractivity contribution >= 4 is 6.03 Å². The number of ether oxygens (including phenoxy) is 2. The molecule has 146 valence electrons. The molecular weight excluding hydrogens is 340 g/mol. The first-order valence-corrected chi connectivity index (χ1v) is 9.23. The van der Waals surface area contributed by atoms with Gasteiger partial charge in [0.05, 0.1) is 19.3 Å². The predicted octanol–water partition coefficient (Wildman–Crippen LogP) is 4.05. The number of carbonyl (C=O) groups excluding carboxylic acids is 1. The Bertz CT molecular complexity index is 738. The van der Waals surface area contributed by atoms with Crippen LogP contribution in [0, 0.1) is 0 Å². The summed E-state index contributed by atoms with van der Waals surface area (Å²) in [7, 11) is 1.65. The van der Waals surface area contributed by atoms with Gasteiger partial charge in [-0.15, -0.1) is 0 Å². The van der Waals surface area contributed by atoms with E-state index in [0.717, 1.165) is 28.9 Å². The van der Waals surface area contributed by atoms with Crippen LogP contribution in [0.4, 0.5) is 4.79 Å². The standard InChI is InChI=1S/C22H30N2O3/c1-22(2,3)27-16-18-9-7-8-17(14-18)15-24-21(25)23-13-12-19-10-5-6-11-20(19)26-4/h5-11,14H,12-13,15-16H2,1-4H3,(H2,23,24,25). The number of para-hydroxylation sites is 1. The maximum absolute atomic E-state index is 12.0. The third kappa shape index (κ3) is 7.71. The minimum Gasteiger partial charge on any atom is -0.496 e. The molecule has 5 nitrogen and oxygen atoms in total. The smallest absolute Gasteiger partial charge is 0.315 e. The average Bonchev–Trinajstić information content (AvgIpc) is 2.65. The molecule has 0 unspecified atom stereocenters. The summed E-state index contributed by atoms with van der Waals surface area (Å²) >= 11 is 0. The van der Waals surface area contributed by atoms with Crippen molar-refractivity contribution in [3.05, 3.63) is 65.2 Å². The summed E-state index contributed by atoms with van der Waals surface area (Å²) in [5.74, 6) is 0.842. The molecule has 0 aliphatic rings. The number of nitrogens with one attached hydrogen (secondary N) is 2. The van der Waals surface area contributed by atoms with Crippen molar-refractivity contribution in [1.29, 1.82) is 0 Å². The van der Waals surface area contributed by atoms with Crippen molar-refractivity contribution in [1.82, 2.24) is 10.6 Å². The molecule has 2 amide bonds. The Kier molecular flexibility index (Phi) is 7.67. The minimum absolute atomic E-state index is 0.171. The van der Waals surface area contributed by atoms with Gasteiger partial charge < -0.3 is 20.1 Å². The van der Waals surface area contributed by atoms with Crippen molar-refractivity contribution in [2.75, 3.05) is 13.7 Å². The number of hydrogen-bond donors (Lipinski definition) is 2. The molecule has 0 spiro atoms. The second kappa shape index (κ2) is 9.97. The van der Waals surface area contributed by atoms with E-state index in [1.807, 2.05) is 63.2 Å². The molecule has 5 heteroatoms. The van der Waals surface area contributed by atoms with Crippen LogP contribution in [-0.2, 0) is 24.3 Å². The van der Waals surface area contributed by atoms with Gasteiger partial charge in [-0.1, -0.05) is 42.5 Å². The van der Waals surface area contributed by atoms with Crippen molar-refractivity contribution in [3.8, 4) is 5.75 Å². The second-order valence-corrected chi connectivity index (χ2v) is 7.39. The highest BCUT2D eigenvalue weighted by molar-refractivity contribution is 5.73. The highest BCUT2D eigenvalue weighted by Gasteiger charge is 2.10. The number of carbonyl (C=O) groups is 1. The Morgan fingerprint density at radius 1 is 1.00 bits per heavy atom. The summed E-state index contributed by atoms with van der Waals surface area (Å²) in [6.45, 7) is 7.69. The molecule has 0 bridgehead atoms. The molecule has 0 saturated carbocycles. The van der Waals surface area contributed by atoms with E-state index < -0.39 is 0 Å². The summed E-state index contributed by atoms with van der Waals surface area (Å²) in [5.41, 5.74) is 3.05. The van der Waals surface area contributed by atoms with Crippen LogP contribution in [0.3, 0.4) is 0 Å². The second-order valence-electron chi connectivity index (χ2n) is 7.39. The van der Waals surface area contributed by atoms with Gasteiger partial charge in [-0.05, 0) is 49.9 Å². The lowest BCUT2D eigenvalue weighted by atomic mass is 10.1. The SMILES string of the molecule is COc1ccccc1CCNC(=O)NCc1cccc(COC(C)(C)C)c1. The lowest BCUT2D eigenvalue weighted by Crippen LogP contribution is -2.36. The van der Waals surface area contributed by atoms with E-state index in [4.69, 9.17) is 9.47 Å². The topological polar surface area (TPSA) is 59.6 Å². The highest BCUT2D eigenvalue weighted by Crippen LogP contribution is 2.17. The van der Waals surface area contributed by atoms with Crippen molar-refractivity contribution in [3.63, 3.8) is 0 Å². The Hall–Kier alpha value is -2.53. The first-order chi connectivity index (χ1) is 12.9. The van der Waals surface area contributed by atoms with Crippen LogP contribution in [0.25, 0.3) is 0 Å². The van der Waals surface area contributed by atoms with Crippen LogP contribution in [0.1, 0.15) is 37.5 Å². The van der Waals surface area contributed by atoms with Crippen LogP contribution in [0.5, 0.6) is 5.75 Å². The fourth-order valence-electron chi connectivity index (χ4n) is 2.59. The first-order valence-electron chi connectivity index (χ1n) is 9.23. The van der Waals surface area contributed by atoms with E-state index in [1.165, 1.54) is 0 Å². The molecule has 0 radical (unpaired) electrons. The molecule has 0 fully saturated rings. The largest absolute Gasteiger partial charge is 0.496 e. The molecule has 2 N–H and O–H groups in total. The van der Waals surface area contributed by atoms with E-state index in [1.54, 1.807) is 7.11 Å².